The van der Waals surface area contributed by atoms with Crippen LogP contribution in [0, 0.1) is 0 Å². The topological polar surface area (TPSA) is 53.0 Å². The molecule has 0 spiro atoms. The van der Waals surface area contributed by atoms with E-state index in [0.29, 0.717) is 6.17 Å². The molecule has 0 saturated carbocycles. The van der Waals surface area contributed by atoms with Gasteiger partial charge in [0.15, 0.2) is 0 Å². The molecular weight excluding hydrogens is 300 g/mol. The number of aromatic nitrogens is 4. The van der Waals surface area contributed by atoms with E-state index in [4.69, 9.17) is 0 Å². The first-order chi connectivity index (χ1) is 11.7. The van der Waals surface area contributed by atoms with Crippen LogP contribution < -0.4 is 0 Å². The highest BCUT2D eigenvalue weighted by Crippen LogP contribution is 2.22. The fourth-order valence-corrected chi connectivity index (χ4v) is 3.54. The number of H-pyrrole nitrogens is 1. The minimum Gasteiger partial charge on any atom is -0.361 e. The van der Waals surface area contributed by atoms with Gasteiger partial charge in [0.05, 0.1) is 12.7 Å². The first-order valence-electron chi connectivity index (χ1n) is 8.52. The number of fused-ring (bicyclic) bond motifs is 1. The Morgan fingerprint density at radius 2 is 2.29 bits per heavy atom. The van der Waals surface area contributed by atoms with Crippen LogP contribution in [-0.4, -0.2) is 62.9 Å². The third-order valence-electron chi connectivity index (χ3n) is 5.13. The largest absolute Gasteiger partial charge is 0.361 e. The van der Waals surface area contributed by atoms with Crippen LogP contribution in [0.5, 0.6) is 0 Å². The van der Waals surface area contributed by atoms with Crippen molar-refractivity contribution in [1.29, 1.82) is 0 Å². The number of hydrogen-bond acceptors (Lipinski definition) is 4. The third-order valence-corrected chi connectivity index (χ3v) is 5.13. The molecule has 0 amide bonds. The molecule has 0 aliphatic carbocycles. The molecule has 1 aliphatic rings. The second kappa shape index (κ2) is 6.37. The molecule has 0 bridgehead atoms. The van der Waals surface area contributed by atoms with E-state index in [1.165, 1.54) is 35.0 Å². The van der Waals surface area contributed by atoms with E-state index in [0.717, 1.165) is 19.5 Å². The van der Waals surface area contributed by atoms with Gasteiger partial charge in [-0.2, -0.15) is 5.10 Å². The summed E-state index contributed by atoms with van der Waals surface area (Å²) in [4.78, 5) is 12.3. The van der Waals surface area contributed by atoms with E-state index in [1.54, 1.807) is 12.7 Å². The molecule has 1 aromatic carbocycles. The average Bonchev–Trinajstić information content (AvgIpc) is 3.21. The number of likely N-dealkylation sites (tertiary alicyclic amines) is 1. The highest BCUT2D eigenvalue weighted by atomic mass is 15.4. The van der Waals surface area contributed by atoms with E-state index >= 15 is 0 Å². The van der Waals surface area contributed by atoms with Crippen LogP contribution in [0.3, 0.4) is 0 Å². The van der Waals surface area contributed by atoms with Crippen LogP contribution in [0.15, 0.2) is 37.1 Å². The Kier molecular flexibility index (Phi) is 4.08. The van der Waals surface area contributed by atoms with Crippen molar-refractivity contribution in [2.45, 2.75) is 25.6 Å². The predicted molar refractivity (Wildman–Crippen MR) is 94.8 cm³/mol. The van der Waals surface area contributed by atoms with Gasteiger partial charge in [0, 0.05) is 30.2 Å². The van der Waals surface area contributed by atoms with Gasteiger partial charge in [-0.1, -0.05) is 6.07 Å². The first kappa shape index (κ1) is 15.4. The van der Waals surface area contributed by atoms with Crippen LogP contribution in [0.25, 0.3) is 10.9 Å². The lowest BCUT2D eigenvalue weighted by Gasteiger charge is -2.43. The molecule has 126 valence electrons. The lowest BCUT2D eigenvalue weighted by atomic mass is 10.1. The molecule has 0 radical (unpaired) electrons. The summed E-state index contributed by atoms with van der Waals surface area (Å²) in [6.45, 7) is 3.05. The summed E-state index contributed by atoms with van der Waals surface area (Å²) in [5, 5.41) is 5.51. The Labute approximate surface area is 142 Å². The molecular formula is C18H24N6. The Morgan fingerprint density at radius 1 is 1.38 bits per heavy atom. The highest BCUT2D eigenvalue weighted by Gasteiger charge is 2.27. The molecule has 1 atom stereocenters. The molecule has 4 rings (SSSR count). The summed E-state index contributed by atoms with van der Waals surface area (Å²) >= 11 is 0. The number of nitrogens with one attached hydrogen (secondary N) is 1. The van der Waals surface area contributed by atoms with Gasteiger partial charge >= 0.3 is 0 Å². The SMILES string of the molecule is CN(CCc1c[nH]c2ccc(Cn3cncn3)cc12)C1CCN1C. The smallest absolute Gasteiger partial charge is 0.137 e. The van der Waals surface area contributed by atoms with Crippen molar-refractivity contribution in [2.24, 2.45) is 0 Å². The second-order valence-electron chi connectivity index (χ2n) is 6.77. The normalized spacial score (nSPS) is 18.4. The number of benzene rings is 1. The molecule has 3 aromatic rings. The van der Waals surface area contributed by atoms with Crippen LogP contribution in [-0.2, 0) is 13.0 Å². The number of hydrogen-bond donors (Lipinski definition) is 1. The zero-order valence-corrected chi connectivity index (χ0v) is 14.3. The standard InChI is InChI=1S/C18H24N6/c1-22(18-6-8-23(18)2)7-5-15-10-20-17-4-3-14(9-16(15)17)11-24-13-19-12-21-24/h3-4,9-10,12-13,18,20H,5-8,11H2,1-2H3. The number of rotatable bonds is 6. The number of nitrogens with zero attached hydrogens (tertiary/aromatic N) is 5. The van der Waals surface area contributed by atoms with Gasteiger partial charge in [0.25, 0.3) is 0 Å². The average molecular weight is 324 g/mol. The van der Waals surface area contributed by atoms with Crippen LogP contribution in [0.4, 0.5) is 0 Å². The van der Waals surface area contributed by atoms with Gasteiger partial charge in [-0.05, 0) is 50.2 Å². The fraction of sp³-hybridized carbons (Fsp3) is 0.444. The van der Waals surface area contributed by atoms with Crippen molar-refractivity contribution >= 4 is 10.9 Å². The van der Waals surface area contributed by atoms with Crippen LogP contribution in [0.2, 0.25) is 0 Å². The molecule has 1 N–H and O–H groups in total. The van der Waals surface area contributed by atoms with Crippen molar-refractivity contribution in [3.05, 3.63) is 48.2 Å². The molecule has 3 heterocycles. The quantitative estimate of drug-likeness (QED) is 0.753. The van der Waals surface area contributed by atoms with Gasteiger partial charge in [0.2, 0.25) is 0 Å². The minimum atomic E-state index is 0.609. The fourth-order valence-electron chi connectivity index (χ4n) is 3.54. The molecule has 24 heavy (non-hydrogen) atoms. The highest BCUT2D eigenvalue weighted by molar-refractivity contribution is 5.83. The van der Waals surface area contributed by atoms with Crippen molar-refractivity contribution in [2.75, 3.05) is 27.2 Å². The molecule has 2 aromatic heterocycles. The summed E-state index contributed by atoms with van der Waals surface area (Å²) in [5.41, 5.74) is 3.84. The molecule has 1 fully saturated rings. The maximum atomic E-state index is 4.19. The van der Waals surface area contributed by atoms with Gasteiger partial charge in [0.1, 0.15) is 12.7 Å². The third kappa shape index (κ3) is 2.95. The van der Waals surface area contributed by atoms with Gasteiger partial charge in [-0.3, -0.25) is 9.80 Å². The zero-order chi connectivity index (χ0) is 16.5. The second-order valence-corrected chi connectivity index (χ2v) is 6.77. The van der Waals surface area contributed by atoms with Gasteiger partial charge in [-0.15, -0.1) is 0 Å². The summed E-state index contributed by atoms with van der Waals surface area (Å²) in [7, 11) is 4.43. The van der Waals surface area contributed by atoms with Crippen LogP contribution >= 0.6 is 0 Å². The summed E-state index contributed by atoms with van der Waals surface area (Å²) < 4.78 is 1.85. The lowest BCUT2D eigenvalue weighted by molar-refractivity contribution is 0.00117. The molecule has 1 saturated heterocycles. The van der Waals surface area contributed by atoms with Crippen molar-refractivity contribution in [3.8, 4) is 0 Å². The van der Waals surface area contributed by atoms with E-state index in [9.17, 15) is 0 Å². The van der Waals surface area contributed by atoms with E-state index in [1.807, 2.05) is 4.68 Å². The summed E-state index contributed by atoms with van der Waals surface area (Å²) in [6, 6.07) is 6.59. The number of aromatic amines is 1. The van der Waals surface area contributed by atoms with Gasteiger partial charge < -0.3 is 4.98 Å². The maximum absolute atomic E-state index is 4.19. The summed E-state index contributed by atoms with van der Waals surface area (Å²) in [6.07, 6.45) is 8.44. The number of likely N-dealkylation sites (N-methyl/N-ethyl adjacent to an activating group) is 1. The monoisotopic (exact) mass is 324 g/mol. The maximum Gasteiger partial charge on any atom is 0.137 e. The molecule has 1 aliphatic heterocycles. The van der Waals surface area contributed by atoms with Crippen molar-refractivity contribution < 1.29 is 0 Å². The molecule has 6 nitrogen and oxygen atoms in total. The summed E-state index contributed by atoms with van der Waals surface area (Å²) in [5.74, 6) is 0. The lowest BCUT2D eigenvalue weighted by Crippen LogP contribution is -2.54. The Morgan fingerprint density at radius 3 is 3.00 bits per heavy atom. The van der Waals surface area contributed by atoms with Gasteiger partial charge in [-0.25, -0.2) is 9.67 Å². The van der Waals surface area contributed by atoms with Crippen molar-refractivity contribution in [3.63, 3.8) is 0 Å². The first-order valence-corrected chi connectivity index (χ1v) is 8.52. The molecule has 6 heteroatoms. The zero-order valence-electron chi connectivity index (χ0n) is 14.3. The Bertz CT molecular complexity index is 806. The molecule has 1 unspecified atom stereocenters. The van der Waals surface area contributed by atoms with E-state index < -0.39 is 0 Å². The predicted octanol–water partition coefficient (Wildman–Crippen LogP) is 1.94. The van der Waals surface area contributed by atoms with E-state index in [-0.39, 0.29) is 0 Å². The van der Waals surface area contributed by atoms with E-state index in [2.05, 4.69) is 63.4 Å². The van der Waals surface area contributed by atoms with Crippen molar-refractivity contribution in [1.82, 2.24) is 29.5 Å². The Hall–Kier alpha value is -2.18. The van der Waals surface area contributed by atoms with Crippen LogP contribution in [0.1, 0.15) is 17.5 Å². The Balaban J connectivity index is 1.48. The minimum absolute atomic E-state index is 0.609.